The van der Waals surface area contributed by atoms with E-state index in [0.29, 0.717) is 0 Å². The van der Waals surface area contributed by atoms with Gasteiger partial charge in [-0.1, -0.05) is 6.42 Å². The molecular weight excluding hydrogens is 670 g/mol. The predicted molar refractivity (Wildman–Crippen MR) is 60.3 cm³/mol. The third-order valence-electron chi connectivity index (χ3n) is 1.41. The van der Waals surface area contributed by atoms with Gasteiger partial charge in [-0.05, 0) is 26.9 Å². The van der Waals surface area contributed by atoms with Crippen LogP contribution in [0.25, 0.3) is 0 Å². The zero-order valence-corrected chi connectivity index (χ0v) is 16.5. The average Bonchev–Trinajstić information content (AvgIpc) is 2.06. The standard InChI is InChI=1S/C10H18O2.C2H5.2Cm/c1-6-7-8(2)12-9(11)10(3,4)5;1-2;;/h8H,1-2,6-7H2,3-5H3;1H2,2H3;;/q-2;-1;;. The summed E-state index contributed by atoms with van der Waals surface area (Å²) in [7, 11) is 0. The van der Waals surface area contributed by atoms with Crippen LogP contribution in [0.4, 0.5) is 0 Å². The molecule has 102 valence electrons. The van der Waals surface area contributed by atoms with Crippen LogP contribution in [0, 0.1) is 26.2 Å². The molecule has 0 aromatic rings. The minimum absolute atomic E-state index is 0. The second-order valence-corrected chi connectivity index (χ2v) is 3.92. The maximum absolute atomic E-state index is 11.3. The number of ether oxygens (including phenoxy) is 1. The summed E-state index contributed by atoms with van der Waals surface area (Å²) in [5.74, 6) is -0.198. The Hall–Kier alpha value is -2.53. The maximum Gasteiger partial charge on any atom is 0.308 e. The fraction of sp³-hybridized carbons (Fsp3) is 0.667. The molecule has 0 amide bonds. The predicted octanol–water partition coefficient (Wildman–Crippen LogP) is 3.23. The van der Waals surface area contributed by atoms with E-state index < -0.39 is 5.41 Å². The van der Waals surface area contributed by atoms with E-state index in [1.165, 1.54) is 0 Å². The van der Waals surface area contributed by atoms with Gasteiger partial charge in [-0.25, -0.2) is 0 Å². The number of rotatable bonds is 3. The molecule has 0 N–H and O–H groups in total. The zero-order chi connectivity index (χ0) is 11.8. The second kappa shape index (κ2) is 10.6. The molecule has 16 heavy (non-hydrogen) atoms. The molecular formula is C12H23Cm2O2-3. The van der Waals surface area contributed by atoms with E-state index in [-0.39, 0.29) is 12.1 Å². The van der Waals surface area contributed by atoms with Gasteiger partial charge in [0.25, 0.3) is 0 Å². The first-order valence-corrected chi connectivity index (χ1v) is 4.92. The molecule has 0 heterocycles. The molecule has 0 aliphatic carbocycles. The van der Waals surface area contributed by atoms with Crippen molar-refractivity contribution in [2.24, 2.45) is 5.41 Å². The Bertz CT molecular complexity index is 154. The van der Waals surface area contributed by atoms with Gasteiger partial charge in [0.2, 0.25) is 0 Å². The third kappa shape index (κ3) is 11.5. The van der Waals surface area contributed by atoms with E-state index in [1.807, 2.05) is 20.8 Å². The Labute approximate surface area is 89.0 Å². The van der Waals surface area contributed by atoms with Crippen LogP contribution in [-0.2, 0) is 9.53 Å². The quantitative estimate of drug-likeness (QED) is 0.336. The molecule has 0 aliphatic heterocycles. The Morgan fingerprint density at radius 2 is 1.62 bits per heavy atom. The molecule has 0 rings (SSSR count). The van der Waals surface area contributed by atoms with Crippen LogP contribution in [0.2, 0.25) is 0 Å². The van der Waals surface area contributed by atoms with Crippen LogP contribution in [-0.4, -0.2) is 12.1 Å². The van der Waals surface area contributed by atoms with Crippen LogP contribution < -0.4 is 0 Å². The second-order valence-electron chi connectivity index (χ2n) is 3.92. The molecule has 1 atom stereocenters. The summed E-state index contributed by atoms with van der Waals surface area (Å²) in [4.78, 5) is 11.3. The summed E-state index contributed by atoms with van der Waals surface area (Å²) in [6, 6.07) is 0. The monoisotopic (exact) mass is 685 g/mol. The number of carbonyl (C=O) groups excluding carboxylic acids is 1. The molecule has 0 aromatic heterocycles. The van der Waals surface area contributed by atoms with Gasteiger partial charge >= 0.3 is 5.97 Å². The van der Waals surface area contributed by atoms with Crippen molar-refractivity contribution in [1.82, 2.24) is 0 Å². The minimum atomic E-state index is -0.433. The molecule has 4 heteroatoms. The van der Waals surface area contributed by atoms with Crippen molar-refractivity contribution < 1.29 is 9.53 Å². The van der Waals surface area contributed by atoms with Crippen LogP contribution in [0.1, 0.15) is 40.5 Å². The van der Waals surface area contributed by atoms with Gasteiger partial charge in [0.1, 0.15) is 0 Å². The molecule has 0 aliphatic rings. The molecule has 0 saturated heterocycles. The Morgan fingerprint density at radius 1 is 1.25 bits per heavy atom. The van der Waals surface area contributed by atoms with Gasteiger partial charge in [0.05, 0.1) is 5.41 Å². The molecule has 0 spiro atoms. The Kier molecular flexibility index (Phi) is 15.4. The van der Waals surface area contributed by atoms with E-state index >= 15 is 0 Å². The third-order valence-corrected chi connectivity index (χ3v) is 1.41. The van der Waals surface area contributed by atoms with Gasteiger partial charge in [-0.3, -0.25) is 4.79 Å². The summed E-state index contributed by atoms with van der Waals surface area (Å²) in [6.07, 6.45) is 1.21. The maximum atomic E-state index is 11.3. The fourth-order valence-electron chi connectivity index (χ4n) is 0.615. The Balaban J connectivity index is -0.000000169. The van der Waals surface area contributed by atoms with Gasteiger partial charge in [0.15, 0.2) is 0 Å². The first kappa shape index (κ1) is 23.4. The van der Waals surface area contributed by atoms with E-state index in [9.17, 15) is 4.79 Å². The largest absolute Gasteiger partial charge is 0.495 e. The van der Waals surface area contributed by atoms with Crippen molar-refractivity contribution in [3.05, 3.63) is 20.8 Å². The zero-order valence-electron chi connectivity index (χ0n) is 10.6. The van der Waals surface area contributed by atoms with E-state index in [1.54, 1.807) is 6.92 Å². The molecule has 0 aromatic carbocycles. The van der Waals surface area contributed by atoms with Crippen LogP contribution >= 0.6 is 0 Å². The SMILES string of the molecule is [CH2-]C.[CH2-]CCC([CH2-])OC(=O)C(C)(C)C.[Cm].[Cm]. The molecule has 0 fully saturated rings. The number of hydrogen-bond donors (Lipinski definition) is 0. The molecule has 1 unspecified atom stereocenters. The van der Waals surface area contributed by atoms with Gasteiger partial charge < -0.3 is 25.5 Å². The number of hydrogen-bond acceptors (Lipinski definition) is 2. The first-order chi connectivity index (χ1) is 6.38. The van der Waals surface area contributed by atoms with Crippen molar-refractivity contribution >= 4 is 5.97 Å². The molecule has 0 bridgehead atoms. The summed E-state index contributed by atoms with van der Waals surface area (Å²) in [5.41, 5.74) is -0.433. The van der Waals surface area contributed by atoms with Crippen LogP contribution in [0.3, 0.4) is 0 Å². The van der Waals surface area contributed by atoms with E-state index in [4.69, 9.17) is 4.74 Å². The van der Waals surface area contributed by atoms with Crippen molar-refractivity contribution in [1.29, 1.82) is 0 Å². The average molecular weight is 693 g/mol. The van der Waals surface area contributed by atoms with Crippen LogP contribution in [0.15, 0.2) is 0 Å². The summed E-state index contributed by atoms with van der Waals surface area (Å²) in [5, 5.41) is 0. The van der Waals surface area contributed by atoms with Gasteiger partial charge in [0, 0.05) is 0 Å². The first-order valence-electron chi connectivity index (χ1n) is 4.92. The molecule has 0 radical (unpaired) electrons. The summed E-state index contributed by atoms with van der Waals surface area (Å²) in [6.45, 7) is 17.8. The van der Waals surface area contributed by atoms with E-state index in [0.717, 1.165) is 12.8 Å². The fourth-order valence-corrected chi connectivity index (χ4v) is 0.615. The van der Waals surface area contributed by atoms with Crippen molar-refractivity contribution in [2.75, 3.05) is 0 Å². The number of esters is 1. The van der Waals surface area contributed by atoms with Gasteiger partial charge in [-0.15, -0.1) is 0 Å². The molecule has 0 saturated carbocycles. The minimum Gasteiger partial charge on any atom is -0.495 e. The topological polar surface area (TPSA) is 26.3 Å². The van der Waals surface area contributed by atoms with Crippen molar-refractivity contribution in [3.63, 3.8) is 0 Å². The molecule has 2 nitrogen and oxygen atoms in total. The van der Waals surface area contributed by atoms with E-state index in [2.05, 4.69) is 20.8 Å². The summed E-state index contributed by atoms with van der Waals surface area (Å²) < 4.78 is 5.07. The van der Waals surface area contributed by atoms with Crippen molar-refractivity contribution in [2.45, 2.75) is 46.6 Å². The van der Waals surface area contributed by atoms with Crippen LogP contribution in [0.5, 0.6) is 0 Å². The Morgan fingerprint density at radius 3 is 1.88 bits per heavy atom. The summed E-state index contributed by atoms with van der Waals surface area (Å²) >= 11 is 0. The van der Waals surface area contributed by atoms with Crippen molar-refractivity contribution in [3.8, 4) is 0 Å². The normalized spacial score (nSPS) is 10.9. The number of carbonyl (C=O) groups is 1. The smallest absolute Gasteiger partial charge is 0.308 e. The van der Waals surface area contributed by atoms with Gasteiger partial charge in [-0.2, -0.15) is 13.3 Å².